The average molecular weight is 1390 g/mol. The topological polar surface area (TPSA) is 389 Å². The van der Waals surface area contributed by atoms with Crippen LogP contribution in [0.3, 0.4) is 0 Å². The van der Waals surface area contributed by atoms with Crippen molar-refractivity contribution in [2.24, 2.45) is 0 Å². The predicted octanol–water partition coefficient (Wildman–Crippen LogP) is 11.1. The van der Waals surface area contributed by atoms with Crippen LogP contribution >= 0.6 is 0 Å². The number of carbonyl (C=O) groups excluding carboxylic acids is 5. The maximum absolute atomic E-state index is 15.0. The fourth-order valence-corrected chi connectivity index (χ4v) is 10.5. The molecule has 522 valence electrons. The molecule has 1 heterocycles. The summed E-state index contributed by atoms with van der Waals surface area (Å²) >= 11 is 0. The molecule has 11 rings (SSSR count). The van der Waals surface area contributed by atoms with Gasteiger partial charge in [0.25, 0.3) is 0 Å². The molecule has 26 heteroatoms. The van der Waals surface area contributed by atoms with Crippen molar-refractivity contribution >= 4 is 29.8 Å². The van der Waals surface area contributed by atoms with Gasteiger partial charge in [-0.3, -0.25) is 0 Å². The van der Waals surface area contributed by atoms with Gasteiger partial charge in [-0.25, -0.2) is 24.0 Å². The molecule has 102 heavy (non-hydrogen) atoms. The number of esters is 5. The van der Waals surface area contributed by atoms with Gasteiger partial charge >= 0.3 is 29.8 Å². The Morgan fingerprint density at radius 2 is 0.490 bits per heavy atom. The molecule has 1 aliphatic rings. The highest BCUT2D eigenvalue weighted by Gasteiger charge is 2.55. The van der Waals surface area contributed by atoms with E-state index >= 15 is 0 Å². The number of hydrogen-bond acceptors (Lipinski definition) is 26. The van der Waals surface area contributed by atoms with Crippen LogP contribution < -0.4 is 23.7 Å². The molecule has 10 aromatic rings. The van der Waals surface area contributed by atoms with Crippen molar-refractivity contribution in [2.75, 3.05) is 6.61 Å². The lowest BCUT2D eigenvalue weighted by molar-refractivity contribution is -0.282. The number of aromatic hydroxyl groups is 10. The fraction of sp³-hybridized carbons (Fsp3) is 0.145. The van der Waals surface area contributed by atoms with Crippen LogP contribution in [0.1, 0.15) is 79.6 Å². The van der Waals surface area contributed by atoms with Crippen molar-refractivity contribution in [1.82, 2.24) is 0 Å². The highest BCUT2D eigenvalue weighted by Crippen LogP contribution is 2.44. The number of hydrogen-bond donors (Lipinski definition) is 10. The largest absolute Gasteiger partial charge is 0.504 e. The summed E-state index contributed by atoms with van der Waals surface area (Å²) in [6.45, 7) is -2.08. The van der Waals surface area contributed by atoms with Gasteiger partial charge < -0.3 is 103 Å². The molecule has 0 aliphatic carbocycles. The minimum atomic E-state index is -2.54. The van der Waals surface area contributed by atoms with Gasteiger partial charge in [0, 0.05) is 0 Å². The molecule has 0 unspecified atom stereocenters. The summed E-state index contributed by atoms with van der Waals surface area (Å²) in [7, 11) is 0. The third-order valence-corrected chi connectivity index (χ3v) is 15.5. The SMILES string of the molecule is O=C(OC[C@H]1O[C@@H](OC(=O)c2cc(O)c(OCc3ccccc3)c(O)c2)[C@H](OC(=O)c2cc(O)c(OCc3ccccc3)c(O)c2)[C@@H](OC(=O)c2cc(O)c(OCc3ccccc3)c(O)c2)[C@@H]1OC(=O)c1cc(O)c(OCc2ccccc2)c(O)c1)c1cc(O)c(OCc2ccccc2)c(O)c1. The van der Waals surface area contributed by atoms with Gasteiger partial charge in [0.2, 0.25) is 41.1 Å². The Bertz CT molecular complexity index is 4540. The van der Waals surface area contributed by atoms with E-state index in [4.69, 9.17) is 52.1 Å². The highest BCUT2D eigenvalue weighted by atomic mass is 16.7. The summed E-state index contributed by atoms with van der Waals surface area (Å²) in [5, 5.41) is 113. The molecule has 0 spiro atoms. The maximum atomic E-state index is 15.0. The number of benzene rings is 10. The molecule has 1 saturated heterocycles. The van der Waals surface area contributed by atoms with Crippen LogP contribution in [-0.4, -0.2) is 118 Å². The van der Waals surface area contributed by atoms with Gasteiger partial charge in [-0.05, 0) is 88.5 Å². The second kappa shape index (κ2) is 31.8. The first kappa shape index (κ1) is 69.8. The molecule has 0 aromatic heterocycles. The number of phenols is 10. The van der Waals surface area contributed by atoms with Crippen molar-refractivity contribution < 1.29 is 127 Å². The minimum absolute atomic E-state index is 0.140. The zero-order chi connectivity index (χ0) is 72.0. The minimum Gasteiger partial charge on any atom is -0.504 e. The van der Waals surface area contributed by atoms with Crippen LogP contribution in [0, 0.1) is 0 Å². The Labute approximate surface area is 579 Å². The van der Waals surface area contributed by atoms with Crippen molar-refractivity contribution in [3.63, 3.8) is 0 Å². The third kappa shape index (κ3) is 17.1. The smallest absolute Gasteiger partial charge is 0.340 e. The van der Waals surface area contributed by atoms with E-state index in [1.165, 1.54) is 0 Å². The van der Waals surface area contributed by atoms with E-state index in [0.717, 1.165) is 60.7 Å². The lowest BCUT2D eigenvalue weighted by atomic mass is 9.97. The molecule has 1 aliphatic heterocycles. The second-order valence-electron chi connectivity index (χ2n) is 22.7. The molecule has 1 fully saturated rings. The molecule has 0 bridgehead atoms. The first-order valence-electron chi connectivity index (χ1n) is 31.0. The second-order valence-corrected chi connectivity index (χ2v) is 22.7. The zero-order valence-electron chi connectivity index (χ0n) is 53.3. The van der Waals surface area contributed by atoms with Gasteiger partial charge in [0.15, 0.2) is 69.7 Å². The Morgan fingerprint density at radius 1 is 0.275 bits per heavy atom. The van der Waals surface area contributed by atoms with Gasteiger partial charge in [0.05, 0.1) is 27.8 Å². The summed E-state index contributed by atoms with van der Waals surface area (Å²) in [4.78, 5) is 73.7. The maximum Gasteiger partial charge on any atom is 0.340 e. The predicted molar refractivity (Wildman–Crippen MR) is 355 cm³/mol. The quantitative estimate of drug-likeness (QED) is 0.0178. The first-order valence-corrected chi connectivity index (χ1v) is 31.0. The molecule has 0 radical (unpaired) electrons. The third-order valence-electron chi connectivity index (χ3n) is 15.5. The Morgan fingerprint density at radius 3 is 0.745 bits per heavy atom. The van der Waals surface area contributed by atoms with Crippen molar-refractivity contribution in [3.8, 4) is 86.2 Å². The molecular weight excluding hydrogens is 1330 g/mol. The van der Waals surface area contributed by atoms with E-state index in [1.54, 1.807) is 152 Å². The van der Waals surface area contributed by atoms with E-state index in [9.17, 15) is 75.0 Å². The Balaban J connectivity index is 1.00. The standard InChI is InChI=1S/C76H62O26/c77-52-26-47(27-53(78)63(52)92-36-42-16-6-1-7-17-42)71(87)97-41-62-68(99-72(88)48-28-54(79)64(55(80)29-48)93-37-43-18-8-2-9-19-43)69(100-73(89)49-30-56(81)65(57(82)31-49)94-38-44-20-10-3-11-21-44)70(101-74(90)50-32-58(83)66(59(84)33-50)95-39-45-22-12-4-13-23-45)76(98-62)102-75(91)51-34-60(85)67(61(86)35-51)96-40-46-24-14-5-15-25-46/h1-35,62,68-70,76-86H,36-41H2/t62-,68-,69+,70-,76+/m1/s1. The molecule has 26 nitrogen and oxygen atoms in total. The van der Waals surface area contributed by atoms with E-state index in [2.05, 4.69) is 0 Å². The number of rotatable bonds is 26. The normalized spacial score (nSPS) is 15.4. The van der Waals surface area contributed by atoms with Crippen LogP contribution in [0.15, 0.2) is 212 Å². The summed E-state index contributed by atoms with van der Waals surface area (Å²) in [5.74, 6) is -18.1. The van der Waals surface area contributed by atoms with Crippen molar-refractivity contribution in [1.29, 1.82) is 0 Å². The molecular formula is C76H62O26. The number of carbonyl (C=O) groups is 5. The van der Waals surface area contributed by atoms with Crippen LogP contribution in [0.5, 0.6) is 86.2 Å². The molecule has 10 aromatic carbocycles. The van der Waals surface area contributed by atoms with Gasteiger partial charge in [0.1, 0.15) is 45.7 Å². The van der Waals surface area contributed by atoms with Gasteiger partial charge in [-0.2, -0.15) is 0 Å². The van der Waals surface area contributed by atoms with E-state index in [1.807, 2.05) is 0 Å². The first-order chi connectivity index (χ1) is 49.2. The Hall–Kier alpha value is -13.5. The van der Waals surface area contributed by atoms with E-state index in [0.29, 0.717) is 27.8 Å². The fourth-order valence-electron chi connectivity index (χ4n) is 10.5. The van der Waals surface area contributed by atoms with Gasteiger partial charge in [-0.1, -0.05) is 152 Å². The van der Waals surface area contributed by atoms with Crippen LogP contribution in [0.4, 0.5) is 0 Å². The summed E-state index contributed by atoms with van der Waals surface area (Å²) < 4.78 is 64.5. The summed E-state index contributed by atoms with van der Waals surface area (Å²) in [6.07, 6.45) is -12.1. The summed E-state index contributed by atoms with van der Waals surface area (Å²) in [6, 6.07) is 50.9. The van der Waals surface area contributed by atoms with Crippen LogP contribution in [0.25, 0.3) is 0 Å². The molecule has 5 atom stereocenters. The Kier molecular flexibility index (Phi) is 21.8. The van der Waals surface area contributed by atoms with E-state index < -0.39 is 181 Å². The average Bonchev–Trinajstić information content (AvgIpc) is 0.768. The zero-order valence-corrected chi connectivity index (χ0v) is 53.3. The summed E-state index contributed by atoms with van der Waals surface area (Å²) in [5.41, 5.74) is -0.206. The lowest BCUT2D eigenvalue weighted by Gasteiger charge is -2.43. The van der Waals surface area contributed by atoms with Crippen molar-refractivity contribution in [3.05, 3.63) is 268 Å². The van der Waals surface area contributed by atoms with Crippen LogP contribution in [-0.2, 0) is 61.5 Å². The number of ether oxygens (including phenoxy) is 11. The van der Waals surface area contributed by atoms with Gasteiger partial charge in [-0.15, -0.1) is 0 Å². The number of phenolic OH excluding ortho intramolecular Hbond substituents is 10. The lowest BCUT2D eigenvalue weighted by Crippen LogP contribution is -2.63. The van der Waals surface area contributed by atoms with E-state index in [-0.39, 0.29) is 33.0 Å². The monoisotopic (exact) mass is 1390 g/mol. The molecule has 0 saturated carbocycles. The van der Waals surface area contributed by atoms with Crippen molar-refractivity contribution in [2.45, 2.75) is 63.7 Å². The van der Waals surface area contributed by atoms with Crippen LogP contribution in [0.2, 0.25) is 0 Å². The molecule has 10 N–H and O–H groups in total. The highest BCUT2D eigenvalue weighted by molar-refractivity contribution is 5.95. The molecule has 0 amide bonds.